The van der Waals surface area contributed by atoms with Gasteiger partial charge >= 0.3 is 5.97 Å². The van der Waals surface area contributed by atoms with E-state index in [0.717, 1.165) is 11.3 Å². The zero-order valence-electron chi connectivity index (χ0n) is 12.4. The maximum Gasteiger partial charge on any atom is 0.308 e. The van der Waals surface area contributed by atoms with Crippen molar-refractivity contribution in [2.45, 2.75) is 6.42 Å². The lowest BCUT2D eigenvalue weighted by atomic mass is 10.1. The lowest BCUT2D eigenvalue weighted by Gasteiger charge is -2.17. The van der Waals surface area contributed by atoms with Crippen molar-refractivity contribution in [3.63, 3.8) is 0 Å². The quantitative estimate of drug-likeness (QED) is 0.945. The van der Waals surface area contributed by atoms with E-state index < -0.39 is 11.9 Å². The fourth-order valence-corrected chi connectivity index (χ4v) is 2.93. The normalized spacial score (nSPS) is 17.7. The summed E-state index contributed by atoms with van der Waals surface area (Å²) in [7, 11) is 1.86. The summed E-state index contributed by atoms with van der Waals surface area (Å²) < 4.78 is 1.87. The van der Waals surface area contributed by atoms with Gasteiger partial charge in [0.05, 0.1) is 5.92 Å². The molecular formula is C17H18N2O3. The van der Waals surface area contributed by atoms with E-state index in [1.807, 2.05) is 48.0 Å². The fraction of sp³-hybridized carbons (Fsp3) is 0.294. The molecule has 5 heteroatoms. The highest BCUT2D eigenvalue weighted by molar-refractivity contribution is 5.94. The van der Waals surface area contributed by atoms with Gasteiger partial charge < -0.3 is 14.6 Å². The summed E-state index contributed by atoms with van der Waals surface area (Å²) in [5, 5.41) is 9.05. The number of aromatic nitrogens is 1. The molecule has 1 aliphatic heterocycles. The first-order valence-corrected chi connectivity index (χ1v) is 7.31. The summed E-state index contributed by atoms with van der Waals surface area (Å²) in [6.07, 6.45) is 0.525. The summed E-state index contributed by atoms with van der Waals surface area (Å²) in [5.74, 6) is -1.38. The van der Waals surface area contributed by atoms with Crippen molar-refractivity contribution in [2.75, 3.05) is 13.1 Å². The highest BCUT2D eigenvalue weighted by Crippen LogP contribution is 2.24. The second-order valence-electron chi connectivity index (χ2n) is 5.60. The smallest absolute Gasteiger partial charge is 0.308 e. The van der Waals surface area contributed by atoms with Crippen molar-refractivity contribution in [1.29, 1.82) is 0 Å². The van der Waals surface area contributed by atoms with Crippen LogP contribution in [0.2, 0.25) is 0 Å². The van der Waals surface area contributed by atoms with Crippen molar-refractivity contribution < 1.29 is 14.7 Å². The first-order valence-electron chi connectivity index (χ1n) is 7.31. The van der Waals surface area contributed by atoms with Gasteiger partial charge in [0.2, 0.25) is 0 Å². The van der Waals surface area contributed by atoms with Crippen LogP contribution in [0.3, 0.4) is 0 Å². The van der Waals surface area contributed by atoms with Gasteiger partial charge in [-0.15, -0.1) is 0 Å². The number of aliphatic carboxylic acids is 1. The van der Waals surface area contributed by atoms with Crippen molar-refractivity contribution in [1.82, 2.24) is 9.47 Å². The molecule has 22 heavy (non-hydrogen) atoms. The number of rotatable bonds is 3. The average Bonchev–Trinajstić information content (AvgIpc) is 3.14. The lowest BCUT2D eigenvalue weighted by molar-refractivity contribution is -0.141. The van der Waals surface area contributed by atoms with Crippen LogP contribution in [0.4, 0.5) is 0 Å². The van der Waals surface area contributed by atoms with Crippen molar-refractivity contribution in [2.24, 2.45) is 13.0 Å². The van der Waals surface area contributed by atoms with E-state index in [9.17, 15) is 9.59 Å². The number of hydrogen-bond donors (Lipinski definition) is 1. The zero-order valence-corrected chi connectivity index (χ0v) is 12.4. The molecule has 0 radical (unpaired) electrons. The molecule has 1 aliphatic rings. The molecule has 3 rings (SSSR count). The highest BCUT2D eigenvalue weighted by atomic mass is 16.4. The summed E-state index contributed by atoms with van der Waals surface area (Å²) in [6.45, 7) is 0.793. The minimum absolute atomic E-state index is 0.103. The van der Waals surface area contributed by atoms with Crippen LogP contribution in [0, 0.1) is 5.92 Å². The zero-order chi connectivity index (χ0) is 15.7. The van der Waals surface area contributed by atoms with Gasteiger partial charge in [-0.05, 0) is 24.1 Å². The van der Waals surface area contributed by atoms with Gasteiger partial charge in [0.15, 0.2) is 0 Å². The van der Waals surface area contributed by atoms with Crippen LogP contribution >= 0.6 is 0 Å². The topological polar surface area (TPSA) is 62.5 Å². The molecule has 1 fully saturated rings. The van der Waals surface area contributed by atoms with E-state index in [1.54, 1.807) is 11.0 Å². The molecule has 0 spiro atoms. The molecule has 5 nitrogen and oxygen atoms in total. The monoisotopic (exact) mass is 298 g/mol. The minimum Gasteiger partial charge on any atom is -0.481 e. The second-order valence-corrected chi connectivity index (χ2v) is 5.60. The molecule has 0 unspecified atom stereocenters. The minimum atomic E-state index is -0.827. The Morgan fingerprint density at radius 3 is 2.50 bits per heavy atom. The number of carboxylic acid groups (broad SMARTS) is 1. The number of carbonyl (C=O) groups excluding carboxylic acids is 1. The molecule has 0 bridgehead atoms. The van der Waals surface area contributed by atoms with E-state index in [0.29, 0.717) is 25.2 Å². The average molecular weight is 298 g/mol. The summed E-state index contributed by atoms with van der Waals surface area (Å²) in [5.41, 5.74) is 2.61. The SMILES string of the molecule is Cn1c(C(=O)N2CC[C@H](C(=O)O)C2)ccc1-c1ccccc1. The van der Waals surface area contributed by atoms with Crippen LogP contribution in [0.25, 0.3) is 11.3 Å². The van der Waals surface area contributed by atoms with Crippen LogP contribution in [-0.4, -0.2) is 39.5 Å². The molecule has 0 aliphatic carbocycles. The van der Waals surface area contributed by atoms with Crippen LogP contribution in [0.15, 0.2) is 42.5 Å². The fourth-order valence-electron chi connectivity index (χ4n) is 2.93. The molecule has 1 amide bonds. The first-order chi connectivity index (χ1) is 10.6. The van der Waals surface area contributed by atoms with E-state index in [1.165, 1.54) is 0 Å². The Kier molecular flexibility index (Phi) is 3.71. The first kappa shape index (κ1) is 14.4. The summed E-state index contributed by atoms with van der Waals surface area (Å²) >= 11 is 0. The lowest BCUT2D eigenvalue weighted by Crippen LogP contribution is -2.31. The van der Waals surface area contributed by atoms with Crippen molar-refractivity contribution in [3.05, 3.63) is 48.2 Å². The molecule has 1 atom stereocenters. The van der Waals surface area contributed by atoms with Gasteiger partial charge in [-0.25, -0.2) is 0 Å². The maximum atomic E-state index is 12.6. The maximum absolute atomic E-state index is 12.6. The van der Waals surface area contributed by atoms with Gasteiger partial charge in [-0.2, -0.15) is 0 Å². The van der Waals surface area contributed by atoms with Gasteiger partial charge in [0.25, 0.3) is 5.91 Å². The number of hydrogen-bond acceptors (Lipinski definition) is 2. The van der Waals surface area contributed by atoms with Crippen LogP contribution in [0.1, 0.15) is 16.9 Å². The number of benzene rings is 1. The molecule has 114 valence electrons. The summed E-state index contributed by atoms with van der Waals surface area (Å²) in [4.78, 5) is 25.2. The second kappa shape index (κ2) is 5.67. The van der Waals surface area contributed by atoms with E-state index in [2.05, 4.69) is 0 Å². The predicted molar refractivity (Wildman–Crippen MR) is 82.5 cm³/mol. The number of nitrogens with zero attached hydrogens (tertiary/aromatic N) is 2. The van der Waals surface area contributed by atoms with Crippen molar-refractivity contribution >= 4 is 11.9 Å². The standard InChI is InChI=1S/C17H18N2O3/c1-18-14(12-5-3-2-4-6-12)7-8-15(18)16(20)19-10-9-13(11-19)17(21)22/h2-8,13H,9-11H2,1H3,(H,21,22)/t13-/m0/s1. The third-order valence-electron chi connectivity index (χ3n) is 4.24. The number of carbonyl (C=O) groups is 2. The van der Waals surface area contributed by atoms with Crippen LogP contribution in [-0.2, 0) is 11.8 Å². The third-order valence-corrected chi connectivity index (χ3v) is 4.24. The van der Waals surface area contributed by atoms with Crippen LogP contribution in [0.5, 0.6) is 0 Å². The molecule has 1 N–H and O–H groups in total. The molecule has 1 saturated heterocycles. The molecule has 2 aromatic rings. The van der Waals surface area contributed by atoms with Crippen LogP contribution < -0.4 is 0 Å². The van der Waals surface area contributed by atoms with E-state index in [-0.39, 0.29) is 5.91 Å². The molecule has 2 heterocycles. The van der Waals surface area contributed by atoms with E-state index in [4.69, 9.17) is 5.11 Å². The van der Waals surface area contributed by atoms with Crippen molar-refractivity contribution in [3.8, 4) is 11.3 Å². The van der Waals surface area contributed by atoms with Gasteiger partial charge in [0, 0.05) is 25.8 Å². The molecule has 1 aromatic carbocycles. The third kappa shape index (κ3) is 2.50. The number of amides is 1. The largest absolute Gasteiger partial charge is 0.481 e. The van der Waals surface area contributed by atoms with Gasteiger partial charge in [0.1, 0.15) is 5.69 Å². The molecule has 1 aromatic heterocycles. The molecular weight excluding hydrogens is 280 g/mol. The van der Waals surface area contributed by atoms with E-state index >= 15 is 0 Å². The Hall–Kier alpha value is -2.56. The Morgan fingerprint density at radius 2 is 1.86 bits per heavy atom. The Labute approximate surface area is 128 Å². The predicted octanol–water partition coefficient (Wildman–Crippen LogP) is 2.24. The number of likely N-dealkylation sites (tertiary alicyclic amines) is 1. The Bertz CT molecular complexity index is 706. The number of carboxylic acids is 1. The Balaban J connectivity index is 1.83. The van der Waals surface area contributed by atoms with Gasteiger partial charge in [-0.1, -0.05) is 30.3 Å². The summed E-state index contributed by atoms with van der Waals surface area (Å²) in [6, 6.07) is 13.6. The highest BCUT2D eigenvalue weighted by Gasteiger charge is 2.32. The Morgan fingerprint density at radius 1 is 1.14 bits per heavy atom. The van der Waals surface area contributed by atoms with Gasteiger partial charge in [-0.3, -0.25) is 9.59 Å². The molecule has 0 saturated carbocycles.